The van der Waals surface area contributed by atoms with Crippen LogP contribution >= 0.6 is 0 Å². The molecule has 2 aromatic rings. The van der Waals surface area contributed by atoms with E-state index in [4.69, 9.17) is 0 Å². The number of alkyl halides is 3. The Labute approximate surface area is 115 Å². The van der Waals surface area contributed by atoms with Crippen LogP contribution in [0.4, 0.5) is 13.2 Å². The van der Waals surface area contributed by atoms with Gasteiger partial charge in [0.1, 0.15) is 5.69 Å². The van der Waals surface area contributed by atoms with Gasteiger partial charge in [-0.05, 0) is 42.7 Å². The van der Waals surface area contributed by atoms with E-state index in [-0.39, 0.29) is 0 Å². The molecule has 0 unspecified atom stereocenters. The summed E-state index contributed by atoms with van der Waals surface area (Å²) in [5.74, 6) is 5.50. The zero-order valence-electron chi connectivity index (χ0n) is 10.8. The van der Waals surface area contributed by atoms with E-state index < -0.39 is 11.7 Å². The van der Waals surface area contributed by atoms with Crippen LogP contribution in [0.1, 0.15) is 29.4 Å². The van der Waals surface area contributed by atoms with Crippen molar-refractivity contribution in [3.8, 4) is 11.8 Å². The molecule has 0 radical (unpaired) electrons. The Bertz CT molecular complexity index is 663. The summed E-state index contributed by atoms with van der Waals surface area (Å²) in [6.07, 6.45) is -3.56. The molecular formula is C16H12F3N. The van der Waals surface area contributed by atoms with E-state index in [1.807, 2.05) is 19.1 Å². The molecule has 1 heterocycles. The summed E-state index contributed by atoms with van der Waals surface area (Å²) in [6.45, 7) is 1.98. The zero-order chi connectivity index (χ0) is 14.6. The smallest absolute Gasteiger partial charge is 0.244 e. The van der Waals surface area contributed by atoms with Gasteiger partial charge >= 0.3 is 6.18 Å². The first-order chi connectivity index (χ1) is 9.49. The third-order valence-corrected chi connectivity index (χ3v) is 2.69. The van der Waals surface area contributed by atoms with Crippen LogP contribution in [0.3, 0.4) is 0 Å². The van der Waals surface area contributed by atoms with Crippen LogP contribution in [0, 0.1) is 11.8 Å². The first-order valence-electron chi connectivity index (χ1n) is 6.14. The molecule has 0 spiro atoms. The maximum Gasteiger partial charge on any atom is 0.416 e. The normalized spacial score (nSPS) is 10.8. The number of aryl methyl sites for hydroxylation is 1. The maximum atomic E-state index is 12.6. The van der Waals surface area contributed by atoms with Gasteiger partial charge in [-0.1, -0.05) is 25.0 Å². The monoisotopic (exact) mass is 275 g/mol. The van der Waals surface area contributed by atoms with Crippen LogP contribution in [-0.4, -0.2) is 4.98 Å². The molecule has 0 bridgehead atoms. The van der Waals surface area contributed by atoms with Crippen LogP contribution < -0.4 is 0 Å². The van der Waals surface area contributed by atoms with Crippen molar-refractivity contribution in [2.75, 3.05) is 0 Å². The third-order valence-electron chi connectivity index (χ3n) is 2.69. The molecule has 102 valence electrons. The number of rotatable bonds is 1. The van der Waals surface area contributed by atoms with Gasteiger partial charge in [-0.2, -0.15) is 13.2 Å². The standard InChI is InChI=1S/C16H12F3N/c1-2-14-7-4-8-15(20-14)10-9-12-5-3-6-13(11-12)16(17,18)19/h3-8,11H,2H2,1H3. The van der Waals surface area contributed by atoms with Crippen LogP contribution in [0.25, 0.3) is 0 Å². The van der Waals surface area contributed by atoms with Crippen LogP contribution in [-0.2, 0) is 12.6 Å². The van der Waals surface area contributed by atoms with E-state index in [1.165, 1.54) is 6.07 Å². The van der Waals surface area contributed by atoms with Gasteiger partial charge in [0.2, 0.25) is 0 Å². The molecule has 1 aromatic carbocycles. The Hall–Kier alpha value is -2.28. The zero-order valence-corrected chi connectivity index (χ0v) is 10.8. The van der Waals surface area contributed by atoms with Crippen molar-refractivity contribution in [3.63, 3.8) is 0 Å². The molecule has 0 fully saturated rings. The van der Waals surface area contributed by atoms with Gasteiger partial charge in [0.05, 0.1) is 5.56 Å². The van der Waals surface area contributed by atoms with Crippen LogP contribution in [0.5, 0.6) is 0 Å². The largest absolute Gasteiger partial charge is 0.416 e. The van der Waals surface area contributed by atoms with Gasteiger partial charge in [-0.25, -0.2) is 4.98 Å². The van der Waals surface area contributed by atoms with E-state index in [0.29, 0.717) is 11.3 Å². The average molecular weight is 275 g/mol. The van der Waals surface area contributed by atoms with Crippen molar-refractivity contribution in [2.45, 2.75) is 19.5 Å². The lowest BCUT2D eigenvalue weighted by Gasteiger charge is -2.05. The fourth-order valence-electron chi connectivity index (χ4n) is 1.66. The minimum atomic E-state index is -4.35. The third kappa shape index (κ3) is 3.61. The highest BCUT2D eigenvalue weighted by Crippen LogP contribution is 2.29. The molecular weight excluding hydrogens is 263 g/mol. The number of pyridine rings is 1. The highest BCUT2D eigenvalue weighted by Gasteiger charge is 2.30. The summed E-state index contributed by atoms with van der Waals surface area (Å²) in [4.78, 5) is 4.28. The van der Waals surface area contributed by atoms with Gasteiger partial charge < -0.3 is 0 Å². The van der Waals surface area contributed by atoms with Gasteiger partial charge in [0, 0.05) is 11.3 Å². The summed E-state index contributed by atoms with van der Waals surface area (Å²) >= 11 is 0. The van der Waals surface area contributed by atoms with Crippen LogP contribution in [0.2, 0.25) is 0 Å². The van der Waals surface area contributed by atoms with Gasteiger partial charge in [0.25, 0.3) is 0 Å². The molecule has 1 aromatic heterocycles. The molecule has 2 rings (SSSR count). The summed E-state index contributed by atoms with van der Waals surface area (Å²) in [6, 6.07) is 10.4. The van der Waals surface area contributed by atoms with Gasteiger partial charge in [-0.3, -0.25) is 0 Å². The topological polar surface area (TPSA) is 12.9 Å². The van der Waals surface area contributed by atoms with Gasteiger partial charge in [0.15, 0.2) is 0 Å². The lowest BCUT2D eigenvalue weighted by molar-refractivity contribution is -0.137. The molecule has 0 N–H and O–H groups in total. The van der Waals surface area contributed by atoms with Crippen molar-refractivity contribution in [2.24, 2.45) is 0 Å². The number of nitrogens with zero attached hydrogens (tertiary/aromatic N) is 1. The predicted octanol–water partition coefficient (Wildman–Crippen LogP) is 4.06. The van der Waals surface area contributed by atoms with Gasteiger partial charge in [-0.15, -0.1) is 0 Å². The van der Waals surface area contributed by atoms with Crippen molar-refractivity contribution < 1.29 is 13.2 Å². The molecule has 0 aliphatic rings. The van der Waals surface area contributed by atoms with E-state index in [2.05, 4.69) is 16.8 Å². The quantitative estimate of drug-likeness (QED) is 0.715. The highest BCUT2D eigenvalue weighted by atomic mass is 19.4. The molecule has 0 atom stereocenters. The van der Waals surface area contributed by atoms with Crippen LogP contribution in [0.15, 0.2) is 42.5 Å². The second kappa shape index (κ2) is 5.79. The second-order valence-corrected chi connectivity index (χ2v) is 4.20. The average Bonchev–Trinajstić information content (AvgIpc) is 2.45. The Morgan fingerprint density at radius 3 is 2.50 bits per heavy atom. The molecule has 0 saturated heterocycles. The number of hydrogen-bond donors (Lipinski definition) is 0. The maximum absolute atomic E-state index is 12.6. The molecule has 20 heavy (non-hydrogen) atoms. The molecule has 0 amide bonds. The Kier molecular flexibility index (Phi) is 4.09. The number of halogens is 3. The molecule has 0 aliphatic carbocycles. The van der Waals surface area contributed by atoms with E-state index in [9.17, 15) is 13.2 Å². The second-order valence-electron chi connectivity index (χ2n) is 4.20. The SMILES string of the molecule is CCc1cccc(C#Cc2cccc(C(F)(F)F)c2)n1. The summed E-state index contributed by atoms with van der Waals surface area (Å²) in [7, 11) is 0. The summed E-state index contributed by atoms with van der Waals surface area (Å²) in [5, 5.41) is 0. The number of benzene rings is 1. The first kappa shape index (κ1) is 14.1. The van der Waals surface area contributed by atoms with Crippen molar-refractivity contribution in [1.29, 1.82) is 0 Å². The minimum Gasteiger partial charge on any atom is -0.244 e. The van der Waals surface area contributed by atoms with Crippen molar-refractivity contribution >= 4 is 0 Å². The minimum absolute atomic E-state index is 0.323. The first-order valence-corrected chi connectivity index (χ1v) is 6.14. The molecule has 0 saturated carbocycles. The van der Waals surface area contributed by atoms with E-state index in [1.54, 1.807) is 12.1 Å². The lowest BCUT2D eigenvalue weighted by atomic mass is 10.1. The Balaban J connectivity index is 2.29. The fraction of sp³-hybridized carbons (Fsp3) is 0.188. The number of aromatic nitrogens is 1. The van der Waals surface area contributed by atoms with E-state index >= 15 is 0 Å². The highest BCUT2D eigenvalue weighted by molar-refractivity contribution is 5.42. The Morgan fingerprint density at radius 2 is 1.80 bits per heavy atom. The molecule has 1 nitrogen and oxygen atoms in total. The molecule has 4 heteroatoms. The van der Waals surface area contributed by atoms with Crippen molar-refractivity contribution in [1.82, 2.24) is 4.98 Å². The predicted molar refractivity (Wildman–Crippen MR) is 71.0 cm³/mol. The fourth-order valence-corrected chi connectivity index (χ4v) is 1.66. The van der Waals surface area contributed by atoms with E-state index in [0.717, 1.165) is 24.2 Å². The lowest BCUT2D eigenvalue weighted by Crippen LogP contribution is -2.04. The summed E-state index contributed by atoms with van der Waals surface area (Å²) in [5.41, 5.74) is 1.09. The summed E-state index contributed by atoms with van der Waals surface area (Å²) < 4.78 is 37.7. The Morgan fingerprint density at radius 1 is 1.05 bits per heavy atom. The molecule has 0 aliphatic heterocycles. The number of hydrogen-bond acceptors (Lipinski definition) is 1. The van der Waals surface area contributed by atoms with Crippen molar-refractivity contribution in [3.05, 3.63) is 65.0 Å².